The topological polar surface area (TPSA) is 59.0 Å². The Morgan fingerprint density at radius 2 is 2.35 bits per heavy atom. The Balaban J connectivity index is 2.35. The van der Waals surface area contributed by atoms with E-state index in [0.29, 0.717) is 26.3 Å². The minimum atomic E-state index is -0.485. The van der Waals surface area contributed by atoms with E-state index in [4.69, 9.17) is 9.47 Å². The quantitative estimate of drug-likeness (QED) is 0.681. The molecule has 1 N–H and O–H groups in total. The Morgan fingerprint density at radius 1 is 1.59 bits per heavy atom. The highest BCUT2D eigenvalue weighted by Gasteiger charge is 2.27. The number of hydrogen-bond donors (Lipinski definition) is 1. The van der Waals surface area contributed by atoms with E-state index in [0.717, 1.165) is 19.4 Å². The van der Waals surface area contributed by atoms with Gasteiger partial charge in [-0.1, -0.05) is 0 Å². The summed E-state index contributed by atoms with van der Waals surface area (Å²) in [5.74, 6) is -0.156. The molecule has 0 aromatic rings. The Morgan fingerprint density at radius 3 is 3.00 bits per heavy atom. The lowest BCUT2D eigenvalue weighted by atomic mass is 9.98. The molecule has 0 bridgehead atoms. The van der Waals surface area contributed by atoms with Crippen molar-refractivity contribution in [1.82, 2.24) is 4.90 Å². The van der Waals surface area contributed by atoms with Gasteiger partial charge in [-0.3, -0.25) is 9.69 Å². The van der Waals surface area contributed by atoms with E-state index in [1.165, 1.54) is 0 Å². The number of esters is 1. The fourth-order valence-corrected chi connectivity index (χ4v) is 2.22. The third-order valence-corrected chi connectivity index (χ3v) is 2.95. The van der Waals surface area contributed by atoms with Crippen molar-refractivity contribution in [2.75, 3.05) is 40.0 Å². The van der Waals surface area contributed by atoms with Gasteiger partial charge in [-0.2, -0.15) is 0 Å². The lowest BCUT2D eigenvalue weighted by Gasteiger charge is -2.32. The molecule has 1 aliphatic heterocycles. The second-order valence-electron chi connectivity index (χ2n) is 4.46. The van der Waals surface area contributed by atoms with Gasteiger partial charge < -0.3 is 14.6 Å². The van der Waals surface area contributed by atoms with Crippen LogP contribution in [0.2, 0.25) is 0 Å². The molecule has 100 valence electrons. The average molecular weight is 245 g/mol. The van der Waals surface area contributed by atoms with Gasteiger partial charge in [0.05, 0.1) is 25.2 Å². The van der Waals surface area contributed by atoms with Crippen molar-refractivity contribution in [3.63, 3.8) is 0 Å². The van der Waals surface area contributed by atoms with Gasteiger partial charge in [0.1, 0.15) is 0 Å². The molecule has 0 spiro atoms. The fraction of sp³-hybridized carbons (Fsp3) is 0.917. The first kappa shape index (κ1) is 14.4. The molecule has 1 unspecified atom stereocenters. The first-order valence-electron chi connectivity index (χ1n) is 6.23. The molecular formula is C12H23NO4. The Bertz CT molecular complexity index is 235. The van der Waals surface area contributed by atoms with Crippen molar-refractivity contribution in [2.45, 2.75) is 25.9 Å². The number of aliphatic hydroxyl groups excluding tert-OH is 1. The number of ether oxygens (including phenoxy) is 2. The van der Waals surface area contributed by atoms with Crippen molar-refractivity contribution in [3.05, 3.63) is 0 Å². The van der Waals surface area contributed by atoms with E-state index in [2.05, 4.69) is 4.90 Å². The van der Waals surface area contributed by atoms with Crippen LogP contribution in [0.1, 0.15) is 19.8 Å². The maximum atomic E-state index is 11.6. The fourth-order valence-electron chi connectivity index (χ4n) is 2.22. The Kier molecular flexibility index (Phi) is 6.47. The number of carbonyl (C=O) groups excluding carboxylic acids is 1. The molecule has 0 aliphatic carbocycles. The van der Waals surface area contributed by atoms with Crippen LogP contribution in [0, 0.1) is 5.92 Å². The van der Waals surface area contributed by atoms with Crippen LogP contribution < -0.4 is 0 Å². The van der Waals surface area contributed by atoms with Crippen LogP contribution in [0.4, 0.5) is 0 Å². The van der Waals surface area contributed by atoms with Crippen molar-refractivity contribution in [3.8, 4) is 0 Å². The van der Waals surface area contributed by atoms with E-state index in [9.17, 15) is 9.90 Å². The molecule has 5 heteroatoms. The number of rotatable bonds is 6. The summed E-state index contributed by atoms with van der Waals surface area (Å²) in [6.45, 7) is 4.75. The number of methoxy groups -OCH3 is 1. The lowest BCUT2D eigenvalue weighted by molar-refractivity contribution is -0.150. The van der Waals surface area contributed by atoms with E-state index >= 15 is 0 Å². The molecule has 1 fully saturated rings. The minimum absolute atomic E-state index is 0.0431. The average Bonchev–Trinajstić information content (AvgIpc) is 2.30. The molecule has 1 rings (SSSR count). The van der Waals surface area contributed by atoms with Crippen LogP contribution in [0.3, 0.4) is 0 Å². The summed E-state index contributed by atoms with van der Waals surface area (Å²) in [5, 5.41) is 9.65. The van der Waals surface area contributed by atoms with E-state index in [-0.39, 0.29) is 11.9 Å². The molecule has 5 nitrogen and oxygen atoms in total. The molecule has 0 aromatic carbocycles. The van der Waals surface area contributed by atoms with Gasteiger partial charge in [-0.15, -0.1) is 0 Å². The van der Waals surface area contributed by atoms with Crippen LogP contribution >= 0.6 is 0 Å². The van der Waals surface area contributed by atoms with Crippen LogP contribution in [0.15, 0.2) is 0 Å². The number of aliphatic hydroxyl groups is 1. The predicted octanol–water partition coefficient (Wildman–Crippen LogP) is 0.269. The first-order valence-corrected chi connectivity index (χ1v) is 6.23. The molecule has 1 heterocycles. The van der Waals surface area contributed by atoms with Crippen molar-refractivity contribution in [1.29, 1.82) is 0 Å². The SMILES string of the molecule is CCOC(=O)[C@H]1CCCN(CC(O)COC)C1. The molecule has 0 radical (unpaired) electrons. The van der Waals surface area contributed by atoms with Crippen LogP contribution in [-0.2, 0) is 14.3 Å². The van der Waals surface area contributed by atoms with Gasteiger partial charge >= 0.3 is 5.97 Å². The van der Waals surface area contributed by atoms with E-state index in [1.54, 1.807) is 7.11 Å². The normalized spacial score (nSPS) is 23.4. The van der Waals surface area contributed by atoms with Crippen molar-refractivity contribution >= 4 is 5.97 Å². The van der Waals surface area contributed by atoms with E-state index < -0.39 is 6.10 Å². The number of hydrogen-bond acceptors (Lipinski definition) is 5. The molecule has 1 aliphatic rings. The zero-order chi connectivity index (χ0) is 12.7. The third kappa shape index (κ3) is 5.02. The summed E-state index contributed by atoms with van der Waals surface area (Å²) in [7, 11) is 1.57. The maximum absolute atomic E-state index is 11.6. The number of β-amino-alcohol motifs (C(OH)–C–C–N with tert-alkyl or cyclic N) is 1. The van der Waals surface area contributed by atoms with Crippen molar-refractivity contribution < 1.29 is 19.4 Å². The zero-order valence-electron chi connectivity index (χ0n) is 10.7. The zero-order valence-corrected chi connectivity index (χ0v) is 10.7. The predicted molar refractivity (Wildman–Crippen MR) is 63.7 cm³/mol. The van der Waals surface area contributed by atoms with Gasteiger partial charge in [-0.25, -0.2) is 0 Å². The van der Waals surface area contributed by atoms with Gasteiger partial charge in [0, 0.05) is 20.2 Å². The van der Waals surface area contributed by atoms with Crippen LogP contribution in [0.5, 0.6) is 0 Å². The van der Waals surface area contributed by atoms with Crippen LogP contribution in [0.25, 0.3) is 0 Å². The van der Waals surface area contributed by atoms with Gasteiger partial charge in [0.25, 0.3) is 0 Å². The highest BCUT2D eigenvalue weighted by molar-refractivity contribution is 5.72. The summed E-state index contributed by atoms with van der Waals surface area (Å²) in [6.07, 6.45) is 1.37. The van der Waals surface area contributed by atoms with E-state index in [1.807, 2.05) is 6.92 Å². The largest absolute Gasteiger partial charge is 0.466 e. The molecule has 2 atom stereocenters. The molecule has 0 amide bonds. The lowest BCUT2D eigenvalue weighted by Crippen LogP contribution is -2.43. The summed E-state index contributed by atoms with van der Waals surface area (Å²) in [4.78, 5) is 13.7. The number of likely N-dealkylation sites (tertiary alicyclic amines) is 1. The number of piperidine rings is 1. The highest BCUT2D eigenvalue weighted by atomic mass is 16.5. The summed E-state index contributed by atoms with van der Waals surface area (Å²) >= 11 is 0. The van der Waals surface area contributed by atoms with Crippen LogP contribution in [-0.4, -0.2) is 62.0 Å². The third-order valence-electron chi connectivity index (χ3n) is 2.95. The van der Waals surface area contributed by atoms with Crippen molar-refractivity contribution in [2.24, 2.45) is 5.92 Å². The monoisotopic (exact) mass is 245 g/mol. The molecule has 0 aromatic heterocycles. The minimum Gasteiger partial charge on any atom is -0.466 e. The highest BCUT2D eigenvalue weighted by Crippen LogP contribution is 2.18. The second-order valence-corrected chi connectivity index (χ2v) is 4.46. The Labute approximate surface area is 103 Å². The van der Waals surface area contributed by atoms with Gasteiger partial charge in [0.2, 0.25) is 0 Å². The number of nitrogens with zero attached hydrogens (tertiary/aromatic N) is 1. The Hall–Kier alpha value is -0.650. The second kappa shape index (κ2) is 7.63. The summed E-state index contributed by atoms with van der Waals surface area (Å²) in [6, 6.07) is 0. The standard InChI is InChI=1S/C12H23NO4/c1-3-17-12(15)10-5-4-6-13(7-10)8-11(14)9-16-2/h10-11,14H,3-9H2,1-2H3/t10-,11?/m0/s1. The summed E-state index contributed by atoms with van der Waals surface area (Å²) < 4.78 is 9.92. The number of carbonyl (C=O) groups is 1. The summed E-state index contributed by atoms with van der Waals surface area (Å²) in [5.41, 5.74) is 0. The smallest absolute Gasteiger partial charge is 0.310 e. The molecule has 0 saturated carbocycles. The maximum Gasteiger partial charge on any atom is 0.310 e. The van der Waals surface area contributed by atoms with Gasteiger partial charge in [0.15, 0.2) is 0 Å². The molecule has 1 saturated heterocycles. The first-order chi connectivity index (χ1) is 8.17. The molecular weight excluding hydrogens is 222 g/mol. The molecule has 17 heavy (non-hydrogen) atoms. The van der Waals surface area contributed by atoms with Gasteiger partial charge in [-0.05, 0) is 26.3 Å².